The molecule has 0 atom stereocenters. The highest BCUT2D eigenvalue weighted by Crippen LogP contribution is 2.41. The molecule has 2 N–H and O–H groups in total. The molecule has 1 fully saturated rings. The molecule has 4 rings (SSSR count). The summed E-state index contributed by atoms with van der Waals surface area (Å²) < 4.78 is 39.7. The van der Waals surface area contributed by atoms with Crippen LogP contribution in [0.2, 0.25) is 0 Å². The molecule has 1 saturated carbocycles. The average molecular weight is 538 g/mol. The van der Waals surface area contributed by atoms with Crippen LogP contribution in [0, 0.1) is 6.92 Å². The van der Waals surface area contributed by atoms with E-state index in [0.717, 1.165) is 41.4 Å². The summed E-state index contributed by atoms with van der Waals surface area (Å²) in [5, 5.41) is 11.5. The van der Waals surface area contributed by atoms with E-state index in [2.05, 4.69) is 60.1 Å². The Morgan fingerprint density at radius 3 is 2.54 bits per heavy atom. The first-order valence-corrected chi connectivity index (χ1v) is 13.4. The summed E-state index contributed by atoms with van der Waals surface area (Å²) in [6.45, 7) is 5.28. The van der Waals surface area contributed by atoms with Gasteiger partial charge < -0.3 is 15.2 Å². The van der Waals surface area contributed by atoms with Crippen LogP contribution in [0.5, 0.6) is 5.75 Å². The molecule has 0 aliphatic heterocycles. The lowest BCUT2D eigenvalue weighted by Crippen LogP contribution is -2.21. The first-order valence-electron chi connectivity index (χ1n) is 12.5. The zero-order valence-corrected chi connectivity index (χ0v) is 22.2. The molecule has 0 saturated heterocycles. The predicted octanol–water partition coefficient (Wildman–Crippen LogP) is 7.59. The van der Waals surface area contributed by atoms with Crippen LogP contribution in [-0.4, -0.2) is 45.5 Å². The van der Waals surface area contributed by atoms with Crippen molar-refractivity contribution in [1.82, 2.24) is 9.38 Å². The first-order chi connectivity index (χ1) is 17.6. The number of imidazole rings is 1. The van der Waals surface area contributed by atoms with E-state index in [-0.39, 0.29) is 0 Å². The number of pyridine rings is 1. The fourth-order valence-corrected chi connectivity index (χ4v) is 5.51. The van der Waals surface area contributed by atoms with Gasteiger partial charge in [-0.25, -0.2) is 9.78 Å². The lowest BCUT2D eigenvalue weighted by atomic mass is 10.0. The number of ether oxygens (including phenoxy) is 1. The highest BCUT2D eigenvalue weighted by Gasteiger charge is 2.38. The molecule has 1 aliphatic rings. The summed E-state index contributed by atoms with van der Waals surface area (Å²) in [6, 6.07) is 10.8. The number of nitrogens with one attached hydrogen (secondary N) is 1. The maximum absolute atomic E-state index is 10.6. The lowest BCUT2D eigenvalue weighted by Gasteiger charge is -2.22. The Bertz CT molecular complexity index is 1190. The van der Waals surface area contributed by atoms with Gasteiger partial charge >= 0.3 is 12.1 Å². The summed E-state index contributed by atoms with van der Waals surface area (Å²) in [5.74, 6) is -0.736. The van der Waals surface area contributed by atoms with Gasteiger partial charge in [0.25, 0.3) is 0 Å². The molecule has 1 aromatic carbocycles. The third kappa shape index (κ3) is 7.80. The summed E-state index contributed by atoms with van der Waals surface area (Å²) in [5.41, 5.74) is 4.28. The molecule has 37 heavy (non-hydrogen) atoms. The van der Waals surface area contributed by atoms with Crippen molar-refractivity contribution < 1.29 is 27.8 Å². The molecule has 6 nitrogen and oxygen atoms in total. The summed E-state index contributed by atoms with van der Waals surface area (Å²) in [6.07, 6.45) is 6.09. The van der Waals surface area contributed by atoms with Crippen molar-refractivity contribution >= 4 is 29.2 Å². The monoisotopic (exact) mass is 537 g/mol. The third-order valence-electron chi connectivity index (χ3n) is 6.11. The zero-order chi connectivity index (χ0) is 27.0. The second kappa shape index (κ2) is 13.1. The quantitative estimate of drug-likeness (QED) is 0.288. The van der Waals surface area contributed by atoms with Gasteiger partial charge in [0.2, 0.25) is 0 Å². The number of hydrogen-bond acceptors (Lipinski definition) is 5. The van der Waals surface area contributed by atoms with Crippen molar-refractivity contribution in [3.05, 3.63) is 42.1 Å². The minimum Gasteiger partial charge on any atom is -0.496 e. The van der Waals surface area contributed by atoms with Crippen LogP contribution in [-0.2, 0) is 4.79 Å². The number of hydrogen-bond donors (Lipinski definition) is 2. The van der Waals surface area contributed by atoms with Crippen molar-refractivity contribution in [2.24, 2.45) is 0 Å². The number of carboxylic acids is 1. The Hall–Kier alpha value is -2.88. The molecular weight excluding hydrogens is 503 g/mol. The number of anilines is 1. The molecular formula is C27H34F3N3O3S. The SMILES string of the molecule is CCCCNc1c(-c2ccc(SC3CCCCC3)c(OC)c2)nc2ccc(C)cn12.O=C(O)C(F)(F)F. The minimum absolute atomic E-state index is 0.711. The predicted molar refractivity (Wildman–Crippen MR) is 142 cm³/mol. The van der Waals surface area contributed by atoms with Crippen molar-refractivity contribution in [2.45, 2.75) is 75.1 Å². The summed E-state index contributed by atoms with van der Waals surface area (Å²) >= 11 is 1.98. The Morgan fingerprint density at radius 2 is 1.92 bits per heavy atom. The molecule has 202 valence electrons. The van der Waals surface area contributed by atoms with Gasteiger partial charge in [0.15, 0.2) is 0 Å². The number of rotatable bonds is 8. The second-order valence-corrected chi connectivity index (χ2v) is 10.4. The number of aryl methyl sites for hydroxylation is 1. The number of nitrogens with zero attached hydrogens (tertiary/aromatic N) is 2. The number of benzene rings is 1. The van der Waals surface area contributed by atoms with Gasteiger partial charge in [-0.2, -0.15) is 13.2 Å². The Labute approximate surface area is 219 Å². The van der Waals surface area contributed by atoms with Gasteiger partial charge in [0.1, 0.15) is 22.9 Å². The van der Waals surface area contributed by atoms with E-state index in [0.29, 0.717) is 5.25 Å². The molecule has 0 amide bonds. The van der Waals surface area contributed by atoms with E-state index < -0.39 is 12.1 Å². The van der Waals surface area contributed by atoms with Crippen molar-refractivity contribution in [3.63, 3.8) is 0 Å². The zero-order valence-electron chi connectivity index (χ0n) is 21.4. The lowest BCUT2D eigenvalue weighted by molar-refractivity contribution is -0.192. The van der Waals surface area contributed by atoms with Crippen LogP contribution >= 0.6 is 11.8 Å². The third-order valence-corrected chi connectivity index (χ3v) is 7.51. The van der Waals surface area contributed by atoms with E-state index in [1.165, 1.54) is 49.0 Å². The Balaban J connectivity index is 0.000000479. The fraction of sp³-hybridized carbons (Fsp3) is 0.481. The summed E-state index contributed by atoms with van der Waals surface area (Å²) in [4.78, 5) is 15.1. The van der Waals surface area contributed by atoms with Gasteiger partial charge in [-0.1, -0.05) is 44.7 Å². The van der Waals surface area contributed by atoms with E-state index in [4.69, 9.17) is 19.6 Å². The number of unbranched alkanes of at least 4 members (excludes halogenated alkanes) is 1. The molecule has 10 heteroatoms. The van der Waals surface area contributed by atoms with Crippen LogP contribution in [0.1, 0.15) is 57.4 Å². The molecule has 0 radical (unpaired) electrons. The standard InChI is InChI=1S/C25H33N3OS.C2HF3O2/c1-4-5-15-26-25-24(27-23-14-11-18(2)17-28(23)25)19-12-13-22(21(16-19)29-3)30-20-9-7-6-8-10-20;3-2(4,5)1(6)7/h11-14,16-17,20,26H,4-10,15H2,1-3H3;(H,6,7). The average Bonchev–Trinajstić information content (AvgIpc) is 3.22. The van der Waals surface area contributed by atoms with Crippen molar-refractivity contribution in [3.8, 4) is 17.0 Å². The van der Waals surface area contributed by atoms with Crippen molar-refractivity contribution in [1.29, 1.82) is 0 Å². The van der Waals surface area contributed by atoms with E-state index in [1.807, 2.05) is 11.8 Å². The smallest absolute Gasteiger partial charge is 0.490 e. The van der Waals surface area contributed by atoms with E-state index in [9.17, 15) is 13.2 Å². The number of halogens is 3. The second-order valence-electron chi connectivity index (χ2n) is 9.07. The van der Waals surface area contributed by atoms with Crippen LogP contribution in [0.25, 0.3) is 16.9 Å². The fourth-order valence-electron chi connectivity index (χ4n) is 4.18. The number of methoxy groups -OCH3 is 1. The number of aromatic nitrogens is 2. The van der Waals surface area contributed by atoms with E-state index >= 15 is 0 Å². The normalized spacial score (nSPS) is 14.2. The highest BCUT2D eigenvalue weighted by atomic mass is 32.2. The topological polar surface area (TPSA) is 75.9 Å². The Morgan fingerprint density at radius 1 is 1.22 bits per heavy atom. The first kappa shape index (κ1) is 28.7. The number of alkyl halides is 3. The maximum Gasteiger partial charge on any atom is 0.490 e. The van der Waals surface area contributed by atoms with Crippen LogP contribution < -0.4 is 10.1 Å². The number of carbonyl (C=O) groups is 1. The van der Waals surface area contributed by atoms with Gasteiger partial charge in [-0.3, -0.25) is 4.40 Å². The van der Waals surface area contributed by atoms with Gasteiger partial charge in [-0.15, -0.1) is 11.8 Å². The molecule has 2 aromatic heterocycles. The Kier molecular flexibility index (Phi) is 10.1. The van der Waals surface area contributed by atoms with Gasteiger partial charge in [0.05, 0.1) is 7.11 Å². The molecule has 2 heterocycles. The van der Waals surface area contributed by atoms with Crippen LogP contribution in [0.3, 0.4) is 0 Å². The molecule has 3 aromatic rings. The van der Waals surface area contributed by atoms with E-state index in [1.54, 1.807) is 7.11 Å². The van der Waals surface area contributed by atoms with Gasteiger partial charge in [-0.05, 0) is 49.9 Å². The minimum atomic E-state index is -5.08. The number of carboxylic acid groups (broad SMARTS) is 1. The number of fused-ring (bicyclic) bond motifs is 1. The molecule has 1 aliphatic carbocycles. The maximum atomic E-state index is 10.6. The largest absolute Gasteiger partial charge is 0.496 e. The number of aliphatic carboxylic acids is 1. The molecule has 0 spiro atoms. The van der Waals surface area contributed by atoms with Crippen molar-refractivity contribution in [2.75, 3.05) is 19.0 Å². The van der Waals surface area contributed by atoms with Crippen LogP contribution in [0.4, 0.5) is 19.0 Å². The molecule has 0 bridgehead atoms. The molecule has 0 unspecified atom stereocenters. The highest BCUT2D eigenvalue weighted by molar-refractivity contribution is 8.00. The number of thioether (sulfide) groups is 1. The van der Waals surface area contributed by atoms with Crippen LogP contribution in [0.15, 0.2) is 41.4 Å². The van der Waals surface area contributed by atoms with Gasteiger partial charge in [0, 0.05) is 28.5 Å². The summed E-state index contributed by atoms with van der Waals surface area (Å²) in [7, 11) is 1.78.